The molecule has 0 aliphatic carbocycles. The normalized spacial score (nSPS) is 12.1. The van der Waals surface area contributed by atoms with Crippen molar-refractivity contribution >= 4 is 35.4 Å². The van der Waals surface area contributed by atoms with Gasteiger partial charge in [-0.25, -0.2) is 4.79 Å². The Labute approximate surface area is 110 Å². The quantitative estimate of drug-likeness (QED) is 0.574. The number of methoxy groups -OCH3 is 1. The van der Waals surface area contributed by atoms with Crippen molar-refractivity contribution < 1.29 is 19.4 Å². The Morgan fingerprint density at radius 3 is 2.65 bits per heavy atom. The third-order valence-corrected chi connectivity index (χ3v) is 3.47. The summed E-state index contributed by atoms with van der Waals surface area (Å²) < 4.78 is 4.85. The van der Waals surface area contributed by atoms with Gasteiger partial charge in [0, 0.05) is 12.9 Å². The predicted molar refractivity (Wildman–Crippen MR) is 71.8 cm³/mol. The molecule has 1 atom stereocenters. The first-order chi connectivity index (χ1) is 8.11. The first kappa shape index (κ1) is 16.6. The Kier molecular flexibility index (Phi) is 10.5. The van der Waals surface area contributed by atoms with Gasteiger partial charge in [0.15, 0.2) is 0 Å². The van der Waals surface area contributed by atoms with Crippen molar-refractivity contribution in [2.45, 2.75) is 12.5 Å². The standard InChI is InChI=1S/C10H19NO4S2/c1-15-4-6-17-7-9(12)11-8(10(13)14)3-5-16-2/h8H,3-7H2,1-2H3,(H,11,12)(H,13,14)/t8-/m1/s1. The number of ether oxygens (including phenoxy) is 1. The van der Waals surface area contributed by atoms with E-state index >= 15 is 0 Å². The molecule has 0 aliphatic heterocycles. The van der Waals surface area contributed by atoms with Crippen LogP contribution in [0.25, 0.3) is 0 Å². The van der Waals surface area contributed by atoms with Gasteiger partial charge in [-0.2, -0.15) is 11.8 Å². The van der Waals surface area contributed by atoms with Gasteiger partial charge in [0.2, 0.25) is 5.91 Å². The largest absolute Gasteiger partial charge is 0.480 e. The number of nitrogens with one attached hydrogen (secondary N) is 1. The van der Waals surface area contributed by atoms with Gasteiger partial charge in [-0.05, 0) is 18.4 Å². The molecule has 2 N–H and O–H groups in total. The Morgan fingerprint density at radius 2 is 2.12 bits per heavy atom. The number of hydrogen-bond acceptors (Lipinski definition) is 5. The van der Waals surface area contributed by atoms with E-state index in [0.717, 1.165) is 5.75 Å². The molecule has 5 nitrogen and oxygen atoms in total. The van der Waals surface area contributed by atoms with Crippen molar-refractivity contribution in [3.8, 4) is 0 Å². The summed E-state index contributed by atoms with van der Waals surface area (Å²) in [5, 5.41) is 11.4. The van der Waals surface area contributed by atoms with Crippen LogP contribution in [0.15, 0.2) is 0 Å². The number of thioether (sulfide) groups is 2. The van der Waals surface area contributed by atoms with Crippen LogP contribution >= 0.6 is 23.5 Å². The second kappa shape index (κ2) is 10.7. The van der Waals surface area contributed by atoms with Crippen molar-refractivity contribution in [2.24, 2.45) is 0 Å². The first-order valence-corrected chi connectivity index (χ1v) is 7.74. The molecule has 0 spiro atoms. The number of aliphatic carboxylic acids is 1. The van der Waals surface area contributed by atoms with Crippen molar-refractivity contribution in [1.82, 2.24) is 5.32 Å². The SMILES string of the molecule is COCCSCC(=O)N[C@H](CCSC)C(=O)O. The van der Waals surface area contributed by atoms with E-state index in [1.54, 1.807) is 18.9 Å². The third-order valence-electron chi connectivity index (χ3n) is 1.91. The molecule has 0 radical (unpaired) electrons. The van der Waals surface area contributed by atoms with Crippen molar-refractivity contribution in [1.29, 1.82) is 0 Å². The Hall–Kier alpha value is -0.400. The minimum Gasteiger partial charge on any atom is -0.480 e. The second-order valence-electron chi connectivity index (χ2n) is 3.29. The number of carbonyl (C=O) groups excluding carboxylic acids is 1. The molecule has 0 aromatic heterocycles. The van der Waals surface area contributed by atoms with Crippen LogP contribution in [0.5, 0.6) is 0 Å². The van der Waals surface area contributed by atoms with E-state index in [1.165, 1.54) is 11.8 Å². The number of rotatable bonds is 10. The molecule has 1 amide bonds. The van der Waals surface area contributed by atoms with Crippen LogP contribution in [0, 0.1) is 0 Å². The molecule has 0 fully saturated rings. The van der Waals surface area contributed by atoms with Crippen LogP contribution in [0.3, 0.4) is 0 Å². The smallest absolute Gasteiger partial charge is 0.326 e. The molecule has 0 aromatic rings. The lowest BCUT2D eigenvalue weighted by atomic mass is 10.2. The summed E-state index contributed by atoms with van der Waals surface area (Å²) in [5.74, 6) is 0.501. The molecule has 0 aliphatic rings. The average Bonchev–Trinajstić information content (AvgIpc) is 2.29. The van der Waals surface area contributed by atoms with Crippen LogP contribution < -0.4 is 5.32 Å². The first-order valence-electron chi connectivity index (χ1n) is 5.19. The van der Waals surface area contributed by atoms with Gasteiger partial charge in [0.1, 0.15) is 6.04 Å². The lowest BCUT2D eigenvalue weighted by Crippen LogP contribution is -2.42. The maximum Gasteiger partial charge on any atom is 0.326 e. The summed E-state index contributed by atoms with van der Waals surface area (Å²) in [6.07, 6.45) is 2.35. The fraction of sp³-hybridized carbons (Fsp3) is 0.800. The highest BCUT2D eigenvalue weighted by Gasteiger charge is 2.18. The Balaban J connectivity index is 3.83. The number of carboxylic acid groups (broad SMARTS) is 1. The van der Waals surface area contributed by atoms with Gasteiger partial charge in [0.25, 0.3) is 0 Å². The molecule has 7 heteroatoms. The fourth-order valence-electron chi connectivity index (χ4n) is 1.04. The van der Waals surface area contributed by atoms with E-state index in [0.29, 0.717) is 18.8 Å². The summed E-state index contributed by atoms with van der Waals surface area (Å²) in [7, 11) is 1.60. The van der Waals surface area contributed by atoms with Crippen molar-refractivity contribution in [3.63, 3.8) is 0 Å². The van der Waals surface area contributed by atoms with Gasteiger partial charge in [0.05, 0.1) is 12.4 Å². The molecule has 0 aromatic carbocycles. The fourth-order valence-corrected chi connectivity index (χ4v) is 2.21. The van der Waals surface area contributed by atoms with Gasteiger partial charge < -0.3 is 15.2 Å². The van der Waals surface area contributed by atoms with Crippen molar-refractivity contribution in [2.75, 3.05) is 37.2 Å². The molecule has 0 rings (SSSR count). The zero-order valence-corrected chi connectivity index (χ0v) is 11.7. The van der Waals surface area contributed by atoms with Gasteiger partial charge >= 0.3 is 5.97 Å². The van der Waals surface area contributed by atoms with E-state index in [4.69, 9.17) is 9.84 Å². The minimum atomic E-state index is -0.978. The van der Waals surface area contributed by atoms with Gasteiger partial charge in [-0.3, -0.25) is 4.79 Å². The van der Waals surface area contributed by atoms with Crippen molar-refractivity contribution in [3.05, 3.63) is 0 Å². The van der Waals surface area contributed by atoms with Crippen LogP contribution in [0.2, 0.25) is 0 Å². The number of amides is 1. The minimum absolute atomic E-state index is 0.236. The van der Waals surface area contributed by atoms with E-state index < -0.39 is 12.0 Å². The highest BCUT2D eigenvalue weighted by molar-refractivity contribution is 8.00. The highest BCUT2D eigenvalue weighted by Crippen LogP contribution is 2.03. The summed E-state index contributed by atoms with van der Waals surface area (Å²) >= 11 is 2.99. The number of hydrogen-bond donors (Lipinski definition) is 2. The molecular formula is C10H19NO4S2. The second-order valence-corrected chi connectivity index (χ2v) is 5.38. The Morgan fingerprint density at radius 1 is 1.41 bits per heavy atom. The van der Waals surface area contributed by atoms with E-state index in [-0.39, 0.29) is 11.7 Å². The summed E-state index contributed by atoms with van der Waals surface area (Å²) in [6.45, 7) is 0.590. The lowest BCUT2D eigenvalue weighted by molar-refractivity contribution is -0.141. The molecule has 17 heavy (non-hydrogen) atoms. The predicted octanol–water partition coefficient (Wildman–Crippen LogP) is 0.688. The molecular weight excluding hydrogens is 262 g/mol. The maximum absolute atomic E-state index is 11.4. The molecule has 0 bridgehead atoms. The molecule has 0 saturated heterocycles. The van der Waals surface area contributed by atoms with E-state index in [1.807, 2.05) is 6.26 Å². The van der Waals surface area contributed by atoms with Crippen LogP contribution in [-0.4, -0.2) is 60.3 Å². The topological polar surface area (TPSA) is 75.6 Å². The summed E-state index contributed by atoms with van der Waals surface area (Å²) in [4.78, 5) is 22.3. The molecule has 0 unspecified atom stereocenters. The number of carboxylic acids is 1. The monoisotopic (exact) mass is 281 g/mol. The van der Waals surface area contributed by atoms with Gasteiger partial charge in [-0.15, -0.1) is 11.8 Å². The van der Waals surface area contributed by atoms with Gasteiger partial charge in [-0.1, -0.05) is 0 Å². The molecule has 0 heterocycles. The Bertz CT molecular complexity index is 238. The van der Waals surface area contributed by atoms with E-state index in [9.17, 15) is 9.59 Å². The zero-order chi connectivity index (χ0) is 13.1. The summed E-state index contributed by atoms with van der Waals surface area (Å²) in [5.41, 5.74) is 0. The summed E-state index contributed by atoms with van der Waals surface area (Å²) in [6, 6.07) is -0.780. The zero-order valence-electron chi connectivity index (χ0n) is 10.1. The highest BCUT2D eigenvalue weighted by atomic mass is 32.2. The lowest BCUT2D eigenvalue weighted by Gasteiger charge is -2.13. The maximum atomic E-state index is 11.4. The molecule has 0 saturated carbocycles. The average molecular weight is 281 g/mol. The van der Waals surface area contributed by atoms with Crippen LogP contribution in [-0.2, 0) is 14.3 Å². The van der Waals surface area contributed by atoms with Crippen LogP contribution in [0.4, 0.5) is 0 Å². The third kappa shape index (κ3) is 9.31. The molecule has 100 valence electrons. The van der Waals surface area contributed by atoms with E-state index in [2.05, 4.69) is 5.32 Å². The van der Waals surface area contributed by atoms with Crippen LogP contribution in [0.1, 0.15) is 6.42 Å². The number of carbonyl (C=O) groups is 2.